The van der Waals surface area contributed by atoms with E-state index in [2.05, 4.69) is 204 Å². The molecular formula is C77H51N3. The summed E-state index contributed by atoms with van der Waals surface area (Å²) in [4.78, 5) is 4.22. The number of benzene rings is 13. The molecule has 0 saturated heterocycles. The SMILES string of the molecule is [2H]c1c([2H])c(N(c2ccccc2)c2ccc(-c3ccccc3)cc2)c([2H])c([2H])c1-c1cccc2c(N(c3ccc4c(c3)C3(c5ccccc5-c5ccccc53)c3ccccc3-4)c3ccc4c(c3)c3ccccc3n4-c3ccccc3)cccc12. The maximum atomic E-state index is 9.94. The van der Waals surface area contributed by atoms with Gasteiger partial charge in [0.05, 0.1) is 27.6 Å². The van der Waals surface area contributed by atoms with Gasteiger partial charge in [-0.3, -0.25) is 0 Å². The van der Waals surface area contributed by atoms with E-state index in [9.17, 15) is 5.48 Å². The molecule has 3 nitrogen and oxygen atoms in total. The molecule has 0 fully saturated rings. The van der Waals surface area contributed by atoms with E-state index >= 15 is 0 Å². The number of nitrogens with zero attached hydrogens (tertiary/aromatic N) is 3. The van der Waals surface area contributed by atoms with Gasteiger partial charge in [-0.05, 0) is 163 Å². The Labute approximate surface area is 471 Å². The van der Waals surface area contributed by atoms with Gasteiger partial charge in [-0.15, -0.1) is 0 Å². The van der Waals surface area contributed by atoms with Crippen LogP contribution in [0.4, 0.5) is 34.1 Å². The van der Waals surface area contributed by atoms with Crippen molar-refractivity contribution in [3.8, 4) is 50.2 Å². The molecule has 13 aromatic carbocycles. The van der Waals surface area contributed by atoms with E-state index in [0.717, 1.165) is 77.8 Å². The van der Waals surface area contributed by atoms with Gasteiger partial charge in [-0.1, -0.05) is 218 Å². The summed E-state index contributed by atoms with van der Waals surface area (Å²) in [5, 5.41) is 3.95. The number of fused-ring (bicyclic) bond motifs is 14. The van der Waals surface area contributed by atoms with Crippen LogP contribution in [0, 0.1) is 0 Å². The highest BCUT2D eigenvalue weighted by Gasteiger charge is 2.51. The zero-order chi connectivity index (χ0) is 56.2. The Hall–Kier alpha value is -10.5. The Morgan fingerprint density at radius 2 is 0.762 bits per heavy atom. The lowest BCUT2D eigenvalue weighted by atomic mass is 9.70. The highest BCUT2D eigenvalue weighted by Crippen LogP contribution is 2.63. The third kappa shape index (κ3) is 6.94. The monoisotopic (exact) mass is 1020 g/mol. The normalized spacial score (nSPS) is 13.3. The van der Waals surface area contributed by atoms with Crippen LogP contribution in [0.25, 0.3) is 82.8 Å². The maximum absolute atomic E-state index is 9.94. The summed E-state index contributed by atoms with van der Waals surface area (Å²) in [7, 11) is 0. The molecule has 2 aliphatic rings. The number of anilines is 6. The first kappa shape index (κ1) is 41.7. The number of aromatic nitrogens is 1. The Bertz CT molecular complexity index is 4870. The Morgan fingerprint density at radius 3 is 1.46 bits per heavy atom. The molecule has 0 aliphatic heterocycles. The summed E-state index contributed by atoms with van der Waals surface area (Å²) in [6, 6.07) is 99.4. The molecule has 3 heteroatoms. The van der Waals surface area contributed by atoms with E-state index in [1.807, 2.05) is 95.9 Å². The minimum atomic E-state index is -0.579. The largest absolute Gasteiger partial charge is 0.311 e. The van der Waals surface area contributed by atoms with Gasteiger partial charge >= 0.3 is 0 Å². The van der Waals surface area contributed by atoms with Crippen molar-refractivity contribution in [1.82, 2.24) is 4.57 Å². The topological polar surface area (TPSA) is 11.4 Å². The summed E-state index contributed by atoms with van der Waals surface area (Å²) in [5.74, 6) is 0. The molecule has 0 unspecified atom stereocenters. The third-order valence-electron chi connectivity index (χ3n) is 16.7. The van der Waals surface area contributed by atoms with Gasteiger partial charge in [0.2, 0.25) is 0 Å². The lowest BCUT2D eigenvalue weighted by molar-refractivity contribution is 0.793. The van der Waals surface area contributed by atoms with Gasteiger partial charge in [0.15, 0.2) is 0 Å². The van der Waals surface area contributed by atoms with Crippen LogP contribution in [0.15, 0.2) is 309 Å². The second kappa shape index (κ2) is 18.3. The smallest absolute Gasteiger partial charge is 0.0726 e. The lowest BCUT2D eigenvalue weighted by Crippen LogP contribution is -2.26. The molecule has 0 radical (unpaired) electrons. The molecular weight excluding hydrogens is 967 g/mol. The van der Waals surface area contributed by atoms with E-state index in [1.54, 1.807) is 0 Å². The van der Waals surface area contributed by atoms with E-state index in [-0.39, 0.29) is 35.4 Å². The summed E-state index contributed by atoms with van der Waals surface area (Å²) in [6.45, 7) is 0. The summed E-state index contributed by atoms with van der Waals surface area (Å²) >= 11 is 0. The van der Waals surface area contributed by atoms with Gasteiger partial charge in [-0.25, -0.2) is 0 Å². The van der Waals surface area contributed by atoms with Crippen LogP contribution < -0.4 is 9.80 Å². The fourth-order valence-electron chi connectivity index (χ4n) is 13.3. The van der Waals surface area contributed by atoms with Crippen LogP contribution in [0.1, 0.15) is 27.7 Å². The standard InChI is InChI=1S/C77H51N3/c1-4-20-52(21-5-1)53-38-42-57(43-39-53)78(55-22-6-2-7-23-55)58-44-40-54(41-45-58)61-30-18-32-67-62(61)31-19-37-74(67)79(59-47-49-76-69(50-59)68-29-13-17-36-75(68)80(76)56-24-8-3-9-25-56)60-46-48-66-65-28-12-16-35-72(65)77(73(66)51-60)70-33-14-10-26-63(70)64-27-11-15-34-71(64)77/h1-51H/i40D,41D,44D,45D. The number of hydrogen-bond acceptors (Lipinski definition) is 2. The lowest BCUT2D eigenvalue weighted by Gasteiger charge is -2.32. The van der Waals surface area contributed by atoms with E-state index in [1.165, 1.54) is 44.5 Å². The van der Waals surface area contributed by atoms with Crippen molar-refractivity contribution in [3.05, 3.63) is 332 Å². The van der Waals surface area contributed by atoms with E-state index < -0.39 is 5.41 Å². The first-order valence-electron chi connectivity index (χ1n) is 29.3. The zero-order valence-electron chi connectivity index (χ0n) is 47.5. The summed E-state index contributed by atoms with van der Waals surface area (Å²) in [5.41, 5.74) is 20.0. The van der Waals surface area contributed by atoms with Gasteiger partial charge in [0.25, 0.3) is 0 Å². The average molecular weight is 1020 g/mol. The molecule has 1 aromatic heterocycles. The van der Waals surface area contributed by atoms with Gasteiger partial charge in [0, 0.05) is 50.3 Å². The molecule has 14 aromatic rings. The van der Waals surface area contributed by atoms with Crippen LogP contribution in [0.5, 0.6) is 0 Å². The molecule has 374 valence electrons. The quantitative estimate of drug-likeness (QED) is 0.143. The van der Waals surface area contributed by atoms with Crippen molar-refractivity contribution < 1.29 is 5.48 Å². The maximum Gasteiger partial charge on any atom is 0.0726 e. The van der Waals surface area contributed by atoms with E-state index in [4.69, 9.17) is 0 Å². The molecule has 1 spiro atoms. The minimum absolute atomic E-state index is 0.122. The van der Waals surface area contributed by atoms with Crippen LogP contribution in [0.3, 0.4) is 0 Å². The molecule has 1 heterocycles. The molecule has 0 atom stereocenters. The van der Waals surface area contributed by atoms with Crippen molar-refractivity contribution in [3.63, 3.8) is 0 Å². The van der Waals surface area contributed by atoms with Crippen molar-refractivity contribution in [2.45, 2.75) is 5.41 Å². The first-order valence-corrected chi connectivity index (χ1v) is 27.3. The molecule has 16 rings (SSSR count). The van der Waals surface area contributed by atoms with Crippen LogP contribution >= 0.6 is 0 Å². The van der Waals surface area contributed by atoms with Crippen molar-refractivity contribution in [2.24, 2.45) is 0 Å². The summed E-state index contributed by atoms with van der Waals surface area (Å²) < 4.78 is 42.0. The van der Waals surface area contributed by atoms with Gasteiger partial charge < -0.3 is 14.4 Å². The first-order chi connectivity index (χ1) is 41.4. The predicted molar refractivity (Wildman–Crippen MR) is 335 cm³/mol. The molecule has 0 N–H and O–H groups in total. The summed E-state index contributed by atoms with van der Waals surface area (Å²) in [6.07, 6.45) is 0. The van der Waals surface area contributed by atoms with Crippen molar-refractivity contribution in [1.29, 1.82) is 0 Å². The van der Waals surface area contributed by atoms with Crippen molar-refractivity contribution >= 4 is 66.7 Å². The van der Waals surface area contributed by atoms with Gasteiger partial charge in [0.1, 0.15) is 0 Å². The fraction of sp³-hybridized carbons (Fsp3) is 0.0130. The Balaban J connectivity index is 0.911. The second-order valence-corrected chi connectivity index (χ2v) is 20.8. The Kier molecular flexibility index (Phi) is 9.55. The molecule has 2 aliphatic carbocycles. The highest BCUT2D eigenvalue weighted by molar-refractivity contribution is 6.12. The fourth-order valence-corrected chi connectivity index (χ4v) is 13.3. The third-order valence-corrected chi connectivity index (χ3v) is 16.7. The van der Waals surface area contributed by atoms with Crippen LogP contribution in [0.2, 0.25) is 0 Å². The van der Waals surface area contributed by atoms with E-state index in [0.29, 0.717) is 5.56 Å². The molecule has 0 bridgehead atoms. The van der Waals surface area contributed by atoms with Gasteiger partial charge in [-0.2, -0.15) is 0 Å². The number of para-hydroxylation sites is 3. The average Bonchev–Trinajstić information content (AvgIpc) is 1.67. The number of hydrogen-bond donors (Lipinski definition) is 0. The molecule has 80 heavy (non-hydrogen) atoms. The van der Waals surface area contributed by atoms with Crippen LogP contribution in [-0.4, -0.2) is 4.57 Å². The second-order valence-electron chi connectivity index (χ2n) is 20.8. The minimum Gasteiger partial charge on any atom is -0.311 e. The zero-order valence-corrected chi connectivity index (χ0v) is 43.5. The predicted octanol–water partition coefficient (Wildman–Crippen LogP) is 20.6. The number of rotatable bonds is 9. The van der Waals surface area contributed by atoms with Crippen LogP contribution in [-0.2, 0) is 5.41 Å². The Morgan fingerprint density at radius 1 is 0.275 bits per heavy atom. The molecule has 0 saturated carbocycles. The highest BCUT2D eigenvalue weighted by atomic mass is 15.1. The van der Waals surface area contributed by atoms with Crippen molar-refractivity contribution in [2.75, 3.05) is 9.80 Å². The molecule has 0 amide bonds.